The summed E-state index contributed by atoms with van der Waals surface area (Å²) in [5.41, 5.74) is 3.15. The first-order valence-electron chi connectivity index (χ1n) is 9.01. The monoisotopic (exact) mass is 370 g/mol. The topological polar surface area (TPSA) is 76.7 Å². The van der Waals surface area contributed by atoms with Crippen molar-refractivity contribution in [2.45, 2.75) is 32.9 Å². The van der Waals surface area contributed by atoms with Crippen molar-refractivity contribution in [1.29, 1.82) is 0 Å². The van der Waals surface area contributed by atoms with Crippen LogP contribution in [0, 0.1) is 0 Å². The maximum atomic E-state index is 12.0. The van der Waals surface area contributed by atoms with Crippen LogP contribution in [0.4, 0.5) is 10.5 Å². The second-order valence-corrected chi connectivity index (χ2v) is 6.12. The van der Waals surface area contributed by atoms with Crippen LogP contribution in [-0.2, 0) is 22.6 Å². The third-order valence-corrected chi connectivity index (χ3v) is 3.90. The Balaban J connectivity index is 1.78. The highest BCUT2D eigenvalue weighted by Gasteiger charge is 2.07. The van der Waals surface area contributed by atoms with Gasteiger partial charge in [0.2, 0.25) is 0 Å². The summed E-state index contributed by atoms with van der Waals surface area (Å²) in [5, 5.41) is 5.54. The number of hydrogen-bond donors (Lipinski definition) is 2. The van der Waals surface area contributed by atoms with E-state index in [0.29, 0.717) is 31.0 Å². The molecule has 0 unspecified atom stereocenters. The van der Waals surface area contributed by atoms with Gasteiger partial charge in [-0.3, -0.25) is 0 Å². The maximum absolute atomic E-state index is 12.0. The second-order valence-electron chi connectivity index (χ2n) is 6.12. The Labute approximate surface area is 159 Å². The number of unbranched alkanes of at least 4 members (excludes halogenated alkanes) is 1. The summed E-state index contributed by atoms with van der Waals surface area (Å²) in [6.07, 6.45) is 1.82. The molecule has 2 N–H and O–H groups in total. The van der Waals surface area contributed by atoms with E-state index in [0.717, 1.165) is 24.0 Å². The van der Waals surface area contributed by atoms with Crippen molar-refractivity contribution >= 4 is 17.7 Å². The molecule has 2 rings (SSSR count). The molecule has 0 spiro atoms. The first-order chi connectivity index (χ1) is 13.1. The zero-order valence-electron chi connectivity index (χ0n) is 15.8. The van der Waals surface area contributed by atoms with Crippen LogP contribution < -0.4 is 10.6 Å². The maximum Gasteiger partial charge on any atom is 0.338 e. The molecule has 0 fully saturated rings. The summed E-state index contributed by atoms with van der Waals surface area (Å²) >= 11 is 0. The molecule has 0 atom stereocenters. The molecular formula is C21H26N2O4. The number of rotatable bonds is 9. The van der Waals surface area contributed by atoms with Crippen molar-refractivity contribution in [1.82, 2.24) is 5.32 Å². The number of methoxy groups -OCH3 is 1. The van der Waals surface area contributed by atoms with Gasteiger partial charge in [0.1, 0.15) is 0 Å². The molecule has 6 nitrogen and oxygen atoms in total. The van der Waals surface area contributed by atoms with Crippen molar-refractivity contribution in [3.63, 3.8) is 0 Å². The lowest BCUT2D eigenvalue weighted by atomic mass is 10.1. The van der Waals surface area contributed by atoms with Gasteiger partial charge in [-0.1, -0.05) is 37.6 Å². The molecule has 0 heterocycles. The van der Waals surface area contributed by atoms with Crippen LogP contribution in [0.25, 0.3) is 0 Å². The van der Waals surface area contributed by atoms with Gasteiger partial charge < -0.3 is 20.1 Å². The van der Waals surface area contributed by atoms with E-state index in [2.05, 4.69) is 10.6 Å². The minimum absolute atomic E-state index is 0.311. The normalized spacial score (nSPS) is 10.3. The lowest BCUT2D eigenvalue weighted by Crippen LogP contribution is -2.28. The fourth-order valence-electron chi connectivity index (χ4n) is 2.36. The molecule has 144 valence electrons. The molecule has 2 amide bonds. The highest BCUT2D eigenvalue weighted by atomic mass is 16.5. The Bertz CT molecular complexity index is 727. The molecule has 2 aromatic carbocycles. The third-order valence-electron chi connectivity index (χ3n) is 3.90. The Morgan fingerprint density at radius 2 is 1.63 bits per heavy atom. The van der Waals surface area contributed by atoms with Crippen LogP contribution in [0.15, 0.2) is 48.5 Å². The molecule has 27 heavy (non-hydrogen) atoms. The van der Waals surface area contributed by atoms with E-state index in [9.17, 15) is 9.59 Å². The lowest BCUT2D eigenvalue weighted by molar-refractivity contribution is 0.0500. The van der Waals surface area contributed by atoms with Gasteiger partial charge in [0.15, 0.2) is 0 Å². The third kappa shape index (κ3) is 7.11. The quantitative estimate of drug-likeness (QED) is 0.514. The van der Waals surface area contributed by atoms with E-state index in [1.807, 2.05) is 31.2 Å². The van der Waals surface area contributed by atoms with Gasteiger partial charge >= 0.3 is 12.0 Å². The Morgan fingerprint density at radius 3 is 2.26 bits per heavy atom. The zero-order chi connectivity index (χ0) is 19.5. The standard InChI is InChI=1S/C21H26N2O4/c1-3-4-13-27-20(24)18-9-11-19(12-10-18)23-21(25)22-14-16-5-7-17(8-6-16)15-26-2/h5-12H,3-4,13-15H2,1-2H3,(H2,22,23,25). The fraction of sp³-hybridized carbons (Fsp3) is 0.333. The summed E-state index contributed by atoms with van der Waals surface area (Å²) in [5.74, 6) is -0.351. The van der Waals surface area contributed by atoms with Gasteiger partial charge in [-0.15, -0.1) is 0 Å². The summed E-state index contributed by atoms with van der Waals surface area (Å²) in [6, 6.07) is 14.2. The molecule has 0 saturated heterocycles. The number of carbonyl (C=O) groups is 2. The number of amides is 2. The van der Waals surface area contributed by atoms with Crippen LogP contribution in [0.2, 0.25) is 0 Å². The first kappa shape index (κ1) is 20.5. The number of urea groups is 1. The number of nitrogens with one attached hydrogen (secondary N) is 2. The van der Waals surface area contributed by atoms with Gasteiger partial charge in [0.25, 0.3) is 0 Å². The number of ether oxygens (including phenoxy) is 2. The minimum Gasteiger partial charge on any atom is -0.462 e. The average Bonchev–Trinajstić information content (AvgIpc) is 2.68. The van der Waals surface area contributed by atoms with E-state index in [1.54, 1.807) is 31.4 Å². The summed E-state index contributed by atoms with van der Waals surface area (Å²) in [6.45, 7) is 3.44. The Hall–Kier alpha value is -2.86. The summed E-state index contributed by atoms with van der Waals surface area (Å²) in [4.78, 5) is 23.9. The second kappa shape index (κ2) is 11.0. The largest absolute Gasteiger partial charge is 0.462 e. The van der Waals surface area contributed by atoms with Crippen molar-refractivity contribution < 1.29 is 19.1 Å². The molecule has 0 aromatic heterocycles. The molecule has 0 bridgehead atoms. The van der Waals surface area contributed by atoms with Gasteiger partial charge in [0, 0.05) is 19.3 Å². The molecule has 0 aliphatic rings. The zero-order valence-corrected chi connectivity index (χ0v) is 15.8. The number of anilines is 1. The molecule has 0 aliphatic carbocycles. The van der Waals surface area contributed by atoms with E-state index in [4.69, 9.17) is 9.47 Å². The van der Waals surface area contributed by atoms with Crippen molar-refractivity contribution in [2.75, 3.05) is 19.0 Å². The van der Waals surface area contributed by atoms with Crippen LogP contribution in [0.5, 0.6) is 0 Å². The highest BCUT2D eigenvalue weighted by Crippen LogP contribution is 2.11. The molecule has 0 radical (unpaired) electrons. The molecule has 0 saturated carbocycles. The minimum atomic E-state index is -0.351. The average molecular weight is 370 g/mol. The predicted octanol–water partition coefficient (Wildman–Crippen LogP) is 4.11. The lowest BCUT2D eigenvalue weighted by Gasteiger charge is -2.09. The van der Waals surface area contributed by atoms with Gasteiger partial charge in [-0.2, -0.15) is 0 Å². The number of hydrogen-bond acceptors (Lipinski definition) is 4. The van der Waals surface area contributed by atoms with E-state index < -0.39 is 0 Å². The van der Waals surface area contributed by atoms with Gasteiger partial charge in [-0.25, -0.2) is 9.59 Å². The fourth-order valence-corrected chi connectivity index (χ4v) is 2.36. The van der Waals surface area contributed by atoms with Crippen molar-refractivity contribution in [3.8, 4) is 0 Å². The Morgan fingerprint density at radius 1 is 0.963 bits per heavy atom. The highest BCUT2D eigenvalue weighted by molar-refractivity contribution is 5.92. The summed E-state index contributed by atoms with van der Waals surface area (Å²) in [7, 11) is 1.65. The molecule has 2 aromatic rings. The van der Waals surface area contributed by atoms with E-state index >= 15 is 0 Å². The van der Waals surface area contributed by atoms with Gasteiger partial charge in [-0.05, 0) is 41.8 Å². The van der Waals surface area contributed by atoms with Gasteiger partial charge in [0.05, 0.1) is 18.8 Å². The SMILES string of the molecule is CCCCOC(=O)c1ccc(NC(=O)NCc2ccc(COC)cc2)cc1. The summed E-state index contributed by atoms with van der Waals surface area (Å²) < 4.78 is 10.2. The molecule has 6 heteroatoms. The van der Waals surface area contributed by atoms with Crippen LogP contribution in [-0.4, -0.2) is 25.7 Å². The van der Waals surface area contributed by atoms with E-state index in [1.165, 1.54) is 0 Å². The first-order valence-corrected chi connectivity index (χ1v) is 9.01. The predicted molar refractivity (Wildman–Crippen MR) is 105 cm³/mol. The number of carbonyl (C=O) groups excluding carboxylic acids is 2. The van der Waals surface area contributed by atoms with E-state index in [-0.39, 0.29) is 12.0 Å². The Kier molecular flexibility index (Phi) is 8.32. The van der Waals surface area contributed by atoms with Crippen LogP contribution >= 0.6 is 0 Å². The number of esters is 1. The van der Waals surface area contributed by atoms with Crippen molar-refractivity contribution in [2.24, 2.45) is 0 Å². The number of benzene rings is 2. The molecule has 0 aliphatic heterocycles. The van der Waals surface area contributed by atoms with Crippen LogP contribution in [0.1, 0.15) is 41.3 Å². The smallest absolute Gasteiger partial charge is 0.338 e. The molecular weight excluding hydrogens is 344 g/mol. The van der Waals surface area contributed by atoms with Crippen molar-refractivity contribution in [3.05, 3.63) is 65.2 Å². The van der Waals surface area contributed by atoms with Crippen LogP contribution in [0.3, 0.4) is 0 Å².